The molecule has 0 bridgehead atoms. The first-order chi connectivity index (χ1) is 7.09. The number of benzene rings is 1. The largest absolute Gasteiger partial charge is 0.750 e. The monoisotopic (exact) mass is 293 g/mol. The Morgan fingerprint density at radius 3 is 2.60 bits per heavy atom. The minimum atomic E-state index is -2.49. The van der Waals surface area contributed by atoms with Gasteiger partial charge in [0.15, 0.2) is 0 Å². The van der Waals surface area contributed by atoms with Gasteiger partial charge in [-0.3, -0.25) is 4.18 Å². The molecule has 0 aliphatic carbocycles. The molecule has 0 amide bonds. The molecule has 84 valence electrons. The summed E-state index contributed by atoms with van der Waals surface area (Å²) in [5.74, 6) is 0. The minimum Gasteiger partial charge on any atom is -0.750 e. The van der Waals surface area contributed by atoms with Gasteiger partial charge in [-0.2, -0.15) is 0 Å². The fourth-order valence-corrected chi connectivity index (χ4v) is 1.41. The molecular formula is C8H10BrN2O3S-. The number of anilines is 1. The maximum absolute atomic E-state index is 10.0. The molecule has 0 aliphatic rings. The molecule has 0 aliphatic heterocycles. The van der Waals surface area contributed by atoms with E-state index in [2.05, 4.69) is 25.4 Å². The third-order valence-electron chi connectivity index (χ3n) is 1.66. The van der Waals surface area contributed by atoms with Crippen LogP contribution < -0.4 is 11.1 Å². The highest BCUT2D eigenvalue weighted by atomic mass is 79.9. The average molecular weight is 294 g/mol. The van der Waals surface area contributed by atoms with Gasteiger partial charge in [0.25, 0.3) is 0 Å². The first kappa shape index (κ1) is 12.6. The molecule has 0 radical (unpaired) electrons. The fraction of sp³-hybridized carbons (Fsp3) is 0.250. The topological polar surface area (TPSA) is 87.4 Å². The van der Waals surface area contributed by atoms with Crippen LogP contribution in [0.2, 0.25) is 0 Å². The van der Waals surface area contributed by atoms with Crippen LogP contribution in [0.1, 0.15) is 10.5 Å². The van der Waals surface area contributed by atoms with Crippen LogP contribution in [0.25, 0.3) is 0 Å². The van der Waals surface area contributed by atoms with Gasteiger partial charge in [0.1, 0.15) is 6.73 Å². The van der Waals surface area contributed by atoms with Crippen LogP contribution in [-0.2, 0) is 15.5 Å². The van der Waals surface area contributed by atoms with E-state index in [1.54, 1.807) is 12.1 Å². The summed E-state index contributed by atoms with van der Waals surface area (Å²) in [5.41, 5.74) is 7.29. The summed E-state index contributed by atoms with van der Waals surface area (Å²) in [5, 5.41) is 2.77. The lowest BCUT2D eigenvalue weighted by atomic mass is 10.2. The predicted molar refractivity (Wildman–Crippen MR) is 60.8 cm³/mol. The molecule has 0 saturated heterocycles. The number of halogens is 1. The minimum absolute atomic E-state index is 0.0875. The van der Waals surface area contributed by atoms with Gasteiger partial charge in [-0.15, -0.1) is 0 Å². The Morgan fingerprint density at radius 2 is 2.13 bits per heavy atom. The van der Waals surface area contributed by atoms with Crippen molar-refractivity contribution in [1.82, 2.24) is 0 Å². The van der Waals surface area contributed by atoms with Gasteiger partial charge in [-0.25, -0.2) is 4.21 Å². The lowest BCUT2D eigenvalue weighted by Gasteiger charge is -2.09. The molecule has 2 atom stereocenters. The van der Waals surface area contributed by atoms with Crippen LogP contribution in [0, 0.1) is 0 Å². The molecule has 0 aromatic heterocycles. The van der Waals surface area contributed by atoms with Gasteiger partial charge in [-0.05, 0) is 17.7 Å². The summed E-state index contributed by atoms with van der Waals surface area (Å²) < 4.78 is 24.4. The Morgan fingerprint density at radius 1 is 1.53 bits per heavy atom. The molecule has 2 unspecified atom stereocenters. The third kappa shape index (κ3) is 4.72. The second-order valence-electron chi connectivity index (χ2n) is 2.67. The summed E-state index contributed by atoms with van der Waals surface area (Å²) in [4.78, 5) is -0.197. The highest BCUT2D eigenvalue weighted by Crippen LogP contribution is 2.18. The lowest BCUT2D eigenvalue weighted by molar-refractivity contribution is 0.323. The number of nitrogens with two attached hydrogens (primary N) is 1. The summed E-state index contributed by atoms with van der Waals surface area (Å²) in [7, 11) is 0. The Hall–Kier alpha value is -0.470. The molecule has 1 aromatic carbocycles. The van der Waals surface area contributed by atoms with E-state index in [1.165, 1.54) is 0 Å². The van der Waals surface area contributed by atoms with Crippen molar-refractivity contribution in [2.45, 2.75) is 4.95 Å². The highest BCUT2D eigenvalue weighted by Gasteiger charge is 1.99. The maximum atomic E-state index is 10.0. The zero-order chi connectivity index (χ0) is 11.3. The van der Waals surface area contributed by atoms with Crippen LogP contribution in [0.15, 0.2) is 24.3 Å². The Kier molecular flexibility index (Phi) is 5.20. The van der Waals surface area contributed by atoms with E-state index < -0.39 is 11.4 Å². The van der Waals surface area contributed by atoms with Gasteiger partial charge in [-0.1, -0.05) is 28.1 Å². The third-order valence-corrected chi connectivity index (χ3v) is 2.50. The summed E-state index contributed by atoms with van der Waals surface area (Å²) in [6.45, 7) is -0.0875. The van der Waals surface area contributed by atoms with Gasteiger partial charge in [0.2, 0.25) is 0 Å². The van der Waals surface area contributed by atoms with Gasteiger partial charge < -0.3 is 15.6 Å². The molecule has 1 aromatic rings. The SMILES string of the molecule is NC(Br)c1ccc(NCOS(=O)[O-])cc1. The van der Waals surface area contributed by atoms with Gasteiger partial charge in [0.05, 0.1) is 16.3 Å². The normalized spacial score (nSPS) is 14.6. The molecular weight excluding hydrogens is 284 g/mol. The summed E-state index contributed by atoms with van der Waals surface area (Å²) in [6, 6.07) is 7.23. The van der Waals surface area contributed by atoms with Crippen molar-refractivity contribution in [3.05, 3.63) is 29.8 Å². The molecule has 0 saturated carbocycles. The van der Waals surface area contributed by atoms with Crippen LogP contribution in [0.4, 0.5) is 5.69 Å². The van der Waals surface area contributed by atoms with Gasteiger partial charge in [0, 0.05) is 5.69 Å². The first-order valence-corrected chi connectivity index (χ1v) is 5.97. The zero-order valence-corrected chi connectivity index (χ0v) is 10.1. The Labute approximate surface area is 98.6 Å². The van der Waals surface area contributed by atoms with Crippen LogP contribution in [-0.4, -0.2) is 15.5 Å². The second kappa shape index (κ2) is 6.19. The van der Waals surface area contributed by atoms with E-state index in [0.29, 0.717) is 0 Å². The fourth-order valence-electron chi connectivity index (χ4n) is 0.946. The standard InChI is InChI=1S/C8H11BrN2O3S/c9-8(10)6-1-3-7(4-2-6)11-5-14-15(12)13/h1-4,8,11H,5,10H2,(H,12,13)/p-1. The molecule has 15 heavy (non-hydrogen) atoms. The van der Waals surface area contributed by atoms with E-state index in [-0.39, 0.29) is 11.7 Å². The number of hydrogen-bond donors (Lipinski definition) is 2. The van der Waals surface area contributed by atoms with Crippen molar-refractivity contribution in [3.63, 3.8) is 0 Å². The van der Waals surface area contributed by atoms with E-state index in [1.807, 2.05) is 12.1 Å². The van der Waals surface area contributed by atoms with Gasteiger partial charge >= 0.3 is 0 Å². The zero-order valence-electron chi connectivity index (χ0n) is 7.68. The molecule has 1 rings (SSSR count). The summed E-state index contributed by atoms with van der Waals surface area (Å²) >= 11 is 0.739. The molecule has 5 nitrogen and oxygen atoms in total. The van der Waals surface area contributed by atoms with Crippen LogP contribution >= 0.6 is 15.9 Å². The highest BCUT2D eigenvalue weighted by molar-refractivity contribution is 9.09. The molecule has 0 spiro atoms. The van der Waals surface area contributed by atoms with E-state index >= 15 is 0 Å². The van der Waals surface area contributed by atoms with E-state index in [0.717, 1.165) is 11.3 Å². The van der Waals surface area contributed by atoms with Crippen molar-refractivity contribution in [3.8, 4) is 0 Å². The van der Waals surface area contributed by atoms with Crippen LogP contribution in [0.5, 0.6) is 0 Å². The summed E-state index contributed by atoms with van der Waals surface area (Å²) in [6.07, 6.45) is 0. The van der Waals surface area contributed by atoms with E-state index in [4.69, 9.17) is 5.73 Å². The predicted octanol–water partition coefficient (Wildman–Crippen LogP) is 1.22. The number of alkyl halides is 1. The lowest BCUT2D eigenvalue weighted by Crippen LogP contribution is -2.08. The van der Waals surface area contributed by atoms with Crippen molar-refractivity contribution >= 4 is 33.0 Å². The van der Waals surface area contributed by atoms with Crippen molar-refractivity contribution in [2.75, 3.05) is 12.0 Å². The Balaban J connectivity index is 2.46. The smallest absolute Gasteiger partial charge is 0.132 e. The number of nitrogens with one attached hydrogen (secondary N) is 1. The van der Waals surface area contributed by atoms with Crippen molar-refractivity contribution in [1.29, 1.82) is 0 Å². The average Bonchev–Trinajstić information content (AvgIpc) is 2.18. The molecule has 0 heterocycles. The first-order valence-electron chi connectivity index (χ1n) is 4.05. The molecule has 3 N–H and O–H groups in total. The molecule has 7 heteroatoms. The van der Waals surface area contributed by atoms with Crippen LogP contribution in [0.3, 0.4) is 0 Å². The quantitative estimate of drug-likeness (QED) is 0.369. The van der Waals surface area contributed by atoms with Crippen molar-refractivity contribution in [2.24, 2.45) is 5.73 Å². The molecule has 0 fully saturated rings. The van der Waals surface area contributed by atoms with Crippen molar-refractivity contribution < 1.29 is 12.9 Å². The Bertz CT molecular complexity index is 331. The number of hydrogen-bond acceptors (Lipinski definition) is 5. The second-order valence-corrected chi connectivity index (χ2v) is 4.30. The number of rotatable bonds is 5. The maximum Gasteiger partial charge on any atom is 0.132 e. The van der Waals surface area contributed by atoms with E-state index in [9.17, 15) is 8.76 Å².